The number of Topliss-reactive ketones (excluding diaryl/α,β-unsaturated/α-hetero) is 1. The van der Waals surface area contributed by atoms with Crippen LogP contribution in [0.2, 0.25) is 10.0 Å². The van der Waals surface area contributed by atoms with E-state index in [0.29, 0.717) is 37.0 Å². The number of nitrogens with zero attached hydrogens (tertiary/aromatic N) is 3. The average Bonchev–Trinajstić information content (AvgIpc) is 3.50. The smallest absolute Gasteiger partial charge is 0.301 e. The standard InChI is InChI=1S/C27H18BrCl2N3O4S2/c1-37-19-4-2-3-15(11-19)22-21(23(34)14-5-8-17(28)9-6-14)24(35)25(36)33(22)26-31-32-27(39-26)38-13-16-7-10-18(29)12-20(16)30/h2-12,22,34H,13H2,1H3/b23-21-. The number of thioether (sulfide) groups is 1. The highest BCUT2D eigenvalue weighted by Gasteiger charge is 2.48. The molecule has 0 aliphatic carbocycles. The third-order valence-electron chi connectivity index (χ3n) is 5.94. The van der Waals surface area contributed by atoms with Crippen molar-refractivity contribution in [1.29, 1.82) is 0 Å². The maximum atomic E-state index is 13.4. The van der Waals surface area contributed by atoms with Gasteiger partial charge < -0.3 is 9.84 Å². The number of ketones is 1. The van der Waals surface area contributed by atoms with Crippen molar-refractivity contribution < 1.29 is 19.4 Å². The summed E-state index contributed by atoms with van der Waals surface area (Å²) >= 11 is 18.2. The SMILES string of the molecule is COc1cccc(C2/C(=C(/O)c3ccc(Br)cc3)C(=O)C(=O)N2c2nnc(SCc3ccc(Cl)cc3Cl)s2)c1. The number of aliphatic hydroxyl groups is 1. The second-order valence-corrected chi connectivity index (χ2v) is 12.3. The number of carbonyl (C=O) groups excluding carboxylic acids is 2. The van der Waals surface area contributed by atoms with E-state index in [1.165, 1.54) is 35.1 Å². The number of hydrogen-bond acceptors (Lipinski definition) is 8. The Kier molecular flexibility index (Phi) is 8.29. The fourth-order valence-corrected chi connectivity index (χ4v) is 6.75. The van der Waals surface area contributed by atoms with E-state index in [9.17, 15) is 14.7 Å². The number of rotatable bonds is 7. The Morgan fingerprint density at radius 2 is 1.87 bits per heavy atom. The van der Waals surface area contributed by atoms with E-state index in [-0.39, 0.29) is 16.5 Å². The van der Waals surface area contributed by atoms with Crippen molar-refractivity contribution in [3.05, 3.63) is 104 Å². The first-order chi connectivity index (χ1) is 18.8. The molecule has 1 N–H and O–H groups in total. The number of hydrogen-bond donors (Lipinski definition) is 1. The van der Waals surface area contributed by atoms with Gasteiger partial charge in [0.05, 0.1) is 18.7 Å². The molecule has 4 aromatic rings. The highest BCUT2D eigenvalue weighted by molar-refractivity contribution is 9.10. The number of aliphatic hydroxyl groups excluding tert-OH is 1. The number of aromatic nitrogens is 2. The lowest BCUT2D eigenvalue weighted by molar-refractivity contribution is -0.132. The van der Waals surface area contributed by atoms with Crippen LogP contribution in [0.25, 0.3) is 5.76 Å². The number of benzene rings is 3. The summed E-state index contributed by atoms with van der Waals surface area (Å²) in [7, 11) is 1.53. The first kappa shape index (κ1) is 27.7. The van der Waals surface area contributed by atoms with Crippen LogP contribution in [0.5, 0.6) is 5.75 Å². The molecule has 0 bridgehead atoms. The normalized spacial score (nSPS) is 16.6. The van der Waals surface area contributed by atoms with Crippen molar-refractivity contribution >= 4 is 84.8 Å². The van der Waals surface area contributed by atoms with E-state index in [4.69, 9.17) is 27.9 Å². The van der Waals surface area contributed by atoms with Crippen LogP contribution in [-0.4, -0.2) is 34.1 Å². The van der Waals surface area contributed by atoms with E-state index in [1.54, 1.807) is 60.7 Å². The molecule has 0 radical (unpaired) electrons. The van der Waals surface area contributed by atoms with Crippen LogP contribution in [0, 0.1) is 0 Å². The Morgan fingerprint density at radius 3 is 2.59 bits per heavy atom. The predicted molar refractivity (Wildman–Crippen MR) is 158 cm³/mol. The number of halogens is 3. The van der Waals surface area contributed by atoms with Gasteiger partial charge in [0, 0.05) is 25.8 Å². The van der Waals surface area contributed by atoms with E-state index in [2.05, 4.69) is 26.1 Å². The highest BCUT2D eigenvalue weighted by atomic mass is 79.9. The lowest BCUT2D eigenvalue weighted by Crippen LogP contribution is -2.29. The minimum Gasteiger partial charge on any atom is -0.507 e. The topological polar surface area (TPSA) is 92.6 Å². The van der Waals surface area contributed by atoms with Gasteiger partial charge in [-0.25, -0.2) is 0 Å². The molecule has 5 rings (SSSR count). The van der Waals surface area contributed by atoms with Crippen molar-refractivity contribution in [3.8, 4) is 5.75 Å². The summed E-state index contributed by atoms with van der Waals surface area (Å²) < 4.78 is 6.76. The molecule has 1 saturated heterocycles. The maximum Gasteiger partial charge on any atom is 0.301 e. The Balaban J connectivity index is 1.54. The summed E-state index contributed by atoms with van der Waals surface area (Å²) in [6.45, 7) is 0. The maximum absolute atomic E-state index is 13.4. The summed E-state index contributed by atoms with van der Waals surface area (Å²) in [6, 6.07) is 18.1. The summed E-state index contributed by atoms with van der Waals surface area (Å²) in [5.74, 6) is -0.870. The van der Waals surface area contributed by atoms with Crippen LogP contribution in [0.1, 0.15) is 22.7 Å². The third-order valence-corrected chi connectivity index (χ3v) is 9.16. The number of amides is 1. The number of carbonyl (C=O) groups is 2. The number of anilines is 1. The second-order valence-electron chi connectivity index (χ2n) is 8.33. The zero-order chi connectivity index (χ0) is 27.7. The van der Waals surface area contributed by atoms with Gasteiger partial charge in [-0.05, 0) is 47.5 Å². The number of methoxy groups -OCH3 is 1. The van der Waals surface area contributed by atoms with E-state index < -0.39 is 17.7 Å². The van der Waals surface area contributed by atoms with Gasteiger partial charge in [0.1, 0.15) is 11.5 Å². The van der Waals surface area contributed by atoms with Crippen LogP contribution in [0.15, 0.2) is 81.1 Å². The molecule has 1 atom stereocenters. The first-order valence-corrected chi connectivity index (χ1v) is 14.7. The molecule has 1 amide bonds. The van der Waals surface area contributed by atoms with Crippen molar-refractivity contribution in [2.75, 3.05) is 12.0 Å². The lowest BCUT2D eigenvalue weighted by Gasteiger charge is -2.22. The van der Waals surface area contributed by atoms with E-state index in [0.717, 1.165) is 10.0 Å². The quantitative estimate of drug-likeness (QED) is 0.0719. The molecule has 3 aromatic carbocycles. The van der Waals surface area contributed by atoms with E-state index >= 15 is 0 Å². The summed E-state index contributed by atoms with van der Waals surface area (Å²) in [5.41, 5.74) is 1.80. The van der Waals surface area contributed by atoms with Crippen molar-refractivity contribution in [3.63, 3.8) is 0 Å². The van der Waals surface area contributed by atoms with Crippen LogP contribution in [-0.2, 0) is 15.3 Å². The summed E-state index contributed by atoms with van der Waals surface area (Å²) in [6.07, 6.45) is 0. The molecule has 2 heterocycles. The fraction of sp³-hybridized carbons (Fsp3) is 0.111. The first-order valence-electron chi connectivity index (χ1n) is 11.4. The van der Waals surface area contributed by atoms with Crippen LogP contribution in [0.4, 0.5) is 5.13 Å². The second kappa shape index (κ2) is 11.7. The largest absolute Gasteiger partial charge is 0.507 e. The molecule has 1 aliphatic rings. The van der Waals surface area contributed by atoms with Crippen LogP contribution >= 0.6 is 62.2 Å². The molecular formula is C27H18BrCl2N3O4S2. The molecule has 12 heteroatoms. The highest BCUT2D eigenvalue weighted by Crippen LogP contribution is 2.44. The lowest BCUT2D eigenvalue weighted by atomic mass is 9.95. The summed E-state index contributed by atoms with van der Waals surface area (Å²) in [4.78, 5) is 28.0. The predicted octanol–water partition coefficient (Wildman–Crippen LogP) is 7.53. The Labute approximate surface area is 250 Å². The van der Waals surface area contributed by atoms with Gasteiger partial charge in [-0.2, -0.15) is 0 Å². The van der Waals surface area contributed by atoms with Gasteiger partial charge in [0.25, 0.3) is 5.78 Å². The van der Waals surface area contributed by atoms with Crippen LogP contribution < -0.4 is 9.64 Å². The number of ether oxygens (including phenoxy) is 1. The van der Waals surface area contributed by atoms with Crippen molar-refractivity contribution in [2.24, 2.45) is 0 Å². The molecule has 39 heavy (non-hydrogen) atoms. The van der Waals surface area contributed by atoms with E-state index in [1.807, 2.05) is 6.07 Å². The zero-order valence-corrected chi connectivity index (χ0v) is 24.8. The zero-order valence-electron chi connectivity index (χ0n) is 20.1. The third kappa shape index (κ3) is 5.71. The summed E-state index contributed by atoms with van der Waals surface area (Å²) in [5, 5.41) is 21.0. The molecule has 1 aromatic heterocycles. The molecule has 7 nitrogen and oxygen atoms in total. The molecule has 1 unspecified atom stereocenters. The Hall–Kier alpha value is -2.89. The van der Waals surface area contributed by atoms with Gasteiger partial charge in [-0.15, -0.1) is 10.2 Å². The van der Waals surface area contributed by atoms with Gasteiger partial charge in [0.15, 0.2) is 4.34 Å². The molecule has 1 fully saturated rings. The molecule has 1 aliphatic heterocycles. The monoisotopic (exact) mass is 661 g/mol. The molecule has 198 valence electrons. The van der Waals surface area contributed by atoms with Crippen LogP contribution in [0.3, 0.4) is 0 Å². The minimum atomic E-state index is -0.944. The fourth-order valence-electron chi connectivity index (χ4n) is 4.06. The molecular weight excluding hydrogens is 645 g/mol. The van der Waals surface area contributed by atoms with Crippen molar-refractivity contribution in [2.45, 2.75) is 16.1 Å². The molecule has 0 spiro atoms. The Morgan fingerprint density at radius 1 is 1.10 bits per heavy atom. The molecule has 0 saturated carbocycles. The Bertz CT molecular complexity index is 1610. The minimum absolute atomic E-state index is 0.0482. The average molecular weight is 663 g/mol. The van der Waals surface area contributed by atoms with Gasteiger partial charge in [-0.1, -0.05) is 92.6 Å². The van der Waals surface area contributed by atoms with Crippen molar-refractivity contribution in [1.82, 2.24) is 10.2 Å². The van der Waals surface area contributed by atoms with Gasteiger partial charge in [0.2, 0.25) is 5.13 Å². The van der Waals surface area contributed by atoms with Gasteiger partial charge >= 0.3 is 5.91 Å². The van der Waals surface area contributed by atoms with Gasteiger partial charge in [-0.3, -0.25) is 14.5 Å².